The molecule has 9 heteroatoms. The molecule has 212 valence electrons. The molecule has 41 heavy (non-hydrogen) atoms. The van der Waals surface area contributed by atoms with Crippen molar-refractivity contribution in [2.24, 2.45) is 0 Å². The topological polar surface area (TPSA) is 43.7 Å². The maximum absolute atomic E-state index is 9.75. The minimum absolute atomic E-state index is 0. The molecule has 0 atom stereocenters. The zero-order chi connectivity index (χ0) is 29.5. The van der Waals surface area contributed by atoms with E-state index < -0.39 is 15.2 Å². The van der Waals surface area contributed by atoms with Crippen LogP contribution < -0.4 is 15.9 Å². The van der Waals surface area contributed by atoms with Gasteiger partial charge in [-0.2, -0.15) is 0 Å². The minimum atomic E-state index is -6.00. The van der Waals surface area contributed by atoms with Gasteiger partial charge in [0.2, 0.25) is 0 Å². The molecule has 0 aromatic heterocycles. The fourth-order valence-corrected chi connectivity index (χ4v) is 5.59. The molecule has 4 aromatic rings. The Bertz CT molecular complexity index is 1160. The molecule has 1 aliphatic rings. The number of benzene rings is 4. The van der Waals surface area contributed by atoms with Gasteiger partial charge in [0.15, 0.2) is 0 Å². The van der Waals surface area contributed by atoms with Gasteiger partial charge in [-0.15, -0.1) is 6.58 Å². The van der Waals surface area contributed by atoms with E-state index in [4.69, 9.17) is 10.2 Å². The quantitative estimate of drug-likeness (QED) is 0.0666. The summed E-state index contributed by atoms with van der Waals surface area (Å²) in [5.41, 5.74) is 7.08. The Balaban J connectivity index is 0.000000605. The fourth-order valence-electron chi connectivity index (χ4n) is 3.28. The molecule has 0 unspecified atom stereocenters. The van der Waals surface area contributed by atoms with Crippen molar-refractivity contribution in [1.82, 2.24) is 0 Å². The van der Waals surface area contributed by atoms with E-state index in [-0.39, 0.29) is 20.4 Å². The fraction of sp³-hybridized carbons (Fsp3) is 0.0312. The van der Waals surface area contributed by atoms with Crippen molar-refractivity contribution in [3.8, 4) is 0 Å². The molecule has 0 N–H and O–H groups in total. The second kappa shape index (κ2) is 23.4. The van der Waals surface area contributed by atoms with E-state index in [0.717, 1.165) is 6.42 Å². The van der Waals surface area contributed by atoms with Crippen molar-refractivity contribution < 1.29 is 42.5 Å². The third-order valence-electron chi connectivity index (χ3n) is 4.82. The molecular formula is C32H30BF4NOPRe. The molecule has 0 saturated heterocycles. The Morgan fingerprint density at radius 2 is 0.878 bits per heavy atom. The Kier molecular flexibility index (Phi) is 21.5. The van der Waals surface area contributed by atoms with E-state index in [2.05, 4.69) is 110 Å². The zero-order valence-corrected chi connectivity index (χ0v) is 25.8. The summed E-state index contributed by atoms with van der Waals surface area (Å²) in [7, 11) is -6.45. The smallest absolute Gasteiger partial charge is 0.00506 e. The Morgan fingerprint density at radius 1 is 0.585 bits per heavy atom. The third kappa shape index (κ3) is 18.6. The van der Waals surface area contributed by atoms with E-state index >= 15 is 0 Å². The van der Waals surface area contributed by atoms with Gasteiger partial charge in [0.05, 0.1) is 0 Å². The van der Waals surface area contributed by atoms with Gasteiger partial charge in [-0.3, -0.25) is 0 Å². The number of nitrogens with zero attached hydrogens (tertiary/aromatic N) is 1. The van der Waals surface area contributed by atoms with E-state index in [1.807, 2.05) is 55.0 Å². The second-order valence-corrected chi connectivity index (χ2v) is 10.00. The van der Waals surface area contributed by atoms with Gasteiger partial charge >= 0.3 is 17.5 Å². The molecule has 0 heterocycles. The SMILES string of the molecule is C=CCc1ccccc1.F[B-](F)(F)F.N#[O+].[CH]1C=CC=C1.[Re].c1ccc(P(c2ccccc2)c2ccccc2)cc1. The van der Waals surface area contributed by atoms with Crippen molar-refractivity contribution in [2.45, 2.75) is 6.42 Å². The van der Waals surface area contributed by atoms with Crippen LogP contribution in [0.1, 0.15) is 5.56 Å². The first-order valence-electron chi connectivity index (χ1n) is 12.2. The molecule has 0 amide bonds. The van der Waals surface area contributed by atoms with Crippen molar-refractivity contribution in [3.05, 3.63) is 170 Å². The first kappa shape index (κ1) is 37.6. The van der Waals surface area contributed by atoms with Gasteiger partial charge in [0, 0.05) is 26.8 Å². The van der Waals surface area contributed by atoms with Gasteiger partial charge in [-0.05, 0) is 35.8 Å². The normalized spacial score (nSPS) is 10.5. The monoisotopic (exact) mass is 749 g/mol. The van der Waals surface area contributed by atoms with Crippen LogP contribution in [0, 0.1) is 11.9 Å². The second-order valence-electron chi connectivity index (χ2n) is 7.78. The zero-order valence-electron chi connectivity index (χ0n) is 22.2. The van der Waals surface area contributed by atoms with Crippen molar-refractivity contribution in [2.75, 3.05) is 0 Å². The van der Waals surface area contributed by atoms with Gasteiger partial charge < -0.3 is 17.3 Å². The molecular weight excluding hydrogens is 718 g/mol. The van der Waals surface area contributed by atoms with Gasteiger partial charge in [0.25, 0.3) is 0 Å². The van der Waals surface area contributed by atoms with E-state index in [0.29, 0.717) is 0 Å². The molecule has 2 radical (unpaired) electrons. The maximum Gasteiger partial charge on any atom is 0.00506 e. The summed E-state index contributed by atoms with van der Waals surface area (Å²) < 4.78 is 46.2. The summed E-state index contributed by atoms with van der Waals surface area (Å²) in [6.45, 7) is 3.66. The Morgan fingerprint density at radius 3 is 1.12 bits per heavy atom. The maximum atomic E-state index is 9.75. The van der Waals surface area contributed by atoms with Crippen LogP contribution in [0.25, 0.3) is 0 Å². The van der Waals surface area contributed by atoms with Crippen LogP contribution in [0.2, 0.25) is 0 Å². The largest absolute Gasteiger partial charge is 0.0767 e. The van der Waals surface area contributed by atoms with Crippen LogP contribution in [0.3, 0.4) is 0 Å². The number of rotatable bonds is 5. The third-order valence-corrected chi connectivity index (χ3v) is 7.27. The number of hydrogen-bond donors (Lipinski definition) is 0. The van der Waals surface area contributed by atoms with Crippen LogP contribution in [-0.2, 0) is 31.6 Å². The number of allylic oxidation sites excluding steroid dienone is 5. The molecule has 0 saturated carbocycles. The number of halogens is 4. The summed E-state index contributed by atoms with van der Waals surface area (Å²) in [6.07, 6.45) is 12.9. The summed E-state index contributed by atoms with van der Waals surface area (Å²) >= 11 is 0. The molecule has 2 nitrogen and oxygen atoms in total. The molecule has 0 aliphatic heterocycles. The predicted octanol–water partition coefficient (Wildman–Crippen LogP) is 8.37. The van der Waals surface area contributed by atoms with Crippen molar-refractivity contribution in [3.63, 3.8) is 0 Å². The molecule has 4 aromatic carbocycles. The van der Waals surface area contributed by atoms with E-state index in [1.54, 1.807) is 0 Å². The van der Waals surface area contributed by atoms with Crippen LogP contribution in [0.4, 0.5) is 17.3 Å². The summed E-state index contributed by atoms with van der Waals surface area (Å²) in [4.78, 5) is 0. The van der Waals surface area contributed by atoms with Crippen LogP contribution in [-0.4, -0.2) is 7.25 Å². The van der Waals surface area contributed by atoms with Crippen LogP contribution in [0.5, 0.6) is 0 Å². The standard InChI is InChI=1S/C18H15P.C9H10.C5H5.BF4.NO.Re/c1-4-10-16(11-5-1)19(17-12-6-2-7-13-17)18-14-8-3-9-15-18;1-2-6-9-7-4-3-5-8-9;1-2-4-5-3-1;2-1(3,4)5;1-2;/h1-15H;2-5,7-8H,1,6H2;1-5H;;;/q;;;-1;+1;. The van der Waals surface area contributed by atoms with Gasteiger partial charge in [-0.1, -0.05) is 152 Å². The van der Waals surface area contributed by atoms with Crippen molar-refractivity contribution >= 4 is 31.1 Å². The summed E-state index contributed by atoms with van der Waals surface area (Å²) in [5, 5.41) is 4.19. The Hall–Kier alpha value is -3.35. The molecule has 0 spiro atoms. The molecule has 0 fully saturated rings. The Labute approximate surface area is 254 Å². The average molecular weight is 749 g/mol. The first-order chi connectivity index (χ1) is 19.4. The summed E-state index contributed by atoms with van der Waals surface area (Å²) in [6, 6.07) is 42.6. The van der Waals surface area contributed by atoms with Gasteiger partial charge in [0.1, 0.15) is 0 Å². The number of hydrogen-bond acceptors (Lipinski definition) is 1. The van der Waals surface area contributed by atoms with E-state index in [1.165, 1.54) is 21.5 Å². The molecule has 1 aliphatic carbocycles. The van der Waals surface area contributed by atoms with Crippen molar-refractivity contribution in [1.29, 1.82) is 5.46 Å². The van der Waals surface area contributed by atoms with Crippen LogP contribution >= 0.6 is 7.92 Å². The molecule has 0 bridgehead atoms. The average Bonchev–Trinajstić information content (AvgIpc) is 3.57. The van der Waals surface area contributed by atoms with Gasteiger partial charge in [-0.25, -0.2) is 0 Å². The van der Waals surface area contributed by atoms with Crippen LogP contribution in [0.15, 0.2) is 158 Å². The predicted molar refractivity (Wildman–Crippen MR) is 161 cm³/mol. The summed E-state index contributed by atoms with van der Waals surface area (Å²) in [5.74, 6) is 0. The first-order valence-corrected chi connectivity index (χ1v) is 13.5. The van der Waals surface area contributed by atoms with E-state index in [9.17, 15) is 17.3 Å². The minimum Gasteiger partial charge on any atom is -0.0767 e. The molecule has 5 rings (SSSR count).